The maximum atomic E-state index is 5.36. The van der Waals surface area contributed by atoms with E-state index in [1.807, 2.05) is 29.8 Å². The summed E-state index contributed by atoms with van der Waals surface area (Å²) in [6.45, 7) is 7.96. The van der Waals surface area contributed by atoms with Crippen molar-refractivity contribution in [2.75, 3.05) is 12.1 Å². The third-order valence-corrected chi connectivity index (χ3v) is 4.13. The molecule has 1 aromatic heterocycles. The van der Waals surface area contributed by atoms with E-state index in [0.29, 0.717) is 11.7 Å². The van der Waals surface area contributed by atoms with Gasteiger partial charge in [-0.05, 0) is 45.1 Å². The Kier molecular flexibility index (Phi) is 4.38. The summed E-state index contributed by atoms with van der Waals surface area (Å²) in [5.74, 6) is 1.49. The summed E-state index contributed by atoms with van der Waals surface area (Å²) in [5, 5.41) is 11.5. The topological polar surface area (TPSA) is 60.3 Å². The smallest absolute Gasteiger partial charge is 0.231 e. The fourth-order valence-corrected chi connectivity index (χ4v) is 2.81. The van der Waals surface area contributed by atoms with E-state index in [2.05, 4.69) is 29.6 Å². The van der Waals surface area contributed by atoms with E-state index < -0.39 is 0 Å². The van der Waals surface area contributed by atoms with Crippen LogP contribution in [0.2, 0.25) is 0 Å². The van der Waals surface area contributed by atoms with Gasteiger partial charge in [-0.15, -0.1) is 0 Å². The van der Waals surface area contributed by atoms with Gasteiger partial charge in [-0.3, -0.25) is 4.68 Å². The van der Waals surface area contributed by atoms with Crippen LogP contribution in [0.25, 0.3) is 0 Å². The molecule has 23 heavy (non-hydrogen) atoms. The molecule has 1 aromatic carbocycles. The molecule has 0 spiro atoms. The van der Waals surface area contributed by atoms with Gasteiger partial charge in [0.15, 0.2) is 16.6 Å². The Morgan fingerprint density at radius 3 is 2.83 bits per heavy atom. The lowest BCUT2D eigenvalue weighted by Crippen LogP contribution is -2.28. The van der Waals surface area contributed by atoms with Crippen molar-refractivity contribution < 1.29 is 9.47 Å². The standard InChI is InChI=1S/C16H20N4O2S/c1-4-20-11(3)13(10(2)19-20)8-17-16(23)18-12-5-6-14-15(7-12)22-9-21-14/h5-7H,4,8-9H2,1-3H3,(H2,17,18,23). The average molecular weight is 332 g/mol. The molecule has 0 unspecified atom stereocenters. The second kappa shape index (κ2) is 6.45. The molecule has 1 aliphatic heterocycles. The van der Waals surface area contributed by atoms with Crippen LogP contribution in [0.5, 0.6) is 11.5 Å². The second-order valence-electron chi connectivity index (χ2n) is 5.34. The van der Waals surface area contributed by atoms with Crippen molar-refractivity contribution in [2.45, 2.75) is 33.9 Å². The Morgan fingerprint density at radius 2 is 2.09 bits per heavy atom. The zero-order valence-corrected chi connectivity index (χ0v) is 14.3. The van der Waals surface area contributed by atoms with E-state index in [4.69, 9.17) is 21.7 Å². The van der Waals surface area contributed by atoms with Crippen molar-refractivity contribution in [3.05, 3.63) is 35.2 Å². The predicted molar refractivity (Wildman–Crippen MR) is 93.0 cm³/mol. The van der Waals surface area contributed by atoms with Gasteiger partial charge >= 0.3 is 0 Å². The largest absolute Gasteiger partial charge is 0.454 e. The van der Waals surface area contributed by atoms with Gasteiger partial charge in [-0.1, -0.05) is 0 Å². The van der Waals surface area contributed by atoms with Crippen molar-refractivity contribution in [1.29, 1.82) is 0 Å². The monoisotopic (exact) mass is 332 g/mol. The number of nitrogens with one attached hydrogen (secondary N) is 2. The molecule has 0 saturated heterocycles. The molecule has 2 aromatic rings. The van der Waals surface area contributed by atoms with Crippen molar-refractivity contribution in [3.8, 4) is 11.5 Å². The van der Waals surface area contributed by atoms with Gasteiger partial charge in [0.2, 0.25) is 6.79 Å². The number of hydrogen-bond donors (Lipinski definition) is 2. The molecule has 3 rings (SSSR count). The molecule has 0 aliphatic carbocycles. The molecule has 6 nitrogen and oxygen atoms in total. The maximum absolute atomic E-state index is 5.36. The second-order valence-corrected chi connectivity index (χ2v) is 5.75. The fourth-order valence-electron chi connectivity index (χ4n) is 2.62. The summed E-state index contributed by atoms with van der Waals surface area (Å²) in [6, 6.07) is 5.65. The molecule has 2 N–H and O–H groups in total. The van der Waals surface area contributed by atoms with Crippen LogP contribution in [0, 0.1) is 13.8 Å². The quantitative estimate of drug-likeness (QED) is 0.840. The number of thiocarbonyl (C=S) groups is 1. The minimum atomic E-state index is 0.265. The van der Waals surface area contributed by atoms with Gasteiger partial charge in [0.05, 0.1) is 5.69 Å². The highest BCUT2D eigenvalue weighted by Gasteiger charge is 2.14. The highest BCUT2D eigenvalue weighted by atomic mass is 32.1. The Bertz CT molecular complexity index is 742. The van der Waals surface area contributed by atoms with E-state index >= 15 is 0 Å². The van der Waals surface area contributed by atoms with E-state index in [1.165, 1.54) is 11.3 Å². The van der Waals surface area contributed by atoms with Crippen LogP contribution in [0.1, 0.15) is 23.9 Å². The van der Waals surface area contributed by atoms with E-state index in [-0.39, 0.29) is 6.79 Å². The highest BCUT2D eigenvalue weighted by Crippen LogP contribution is 2.34. The number of ether oxygens (including phenoxy) is 2. The van der Waals surface area contributed by atoms with Crippen LogP contribution in [0.4, 0.5) is 5.69 Å². The molecular weight excluding hydrogens is 312 g/mol. The molecule has 7 heteroatoms. The summed E-state index contributed by atoms with van der Waals surface area (Å²) in [5.41, 5.74) is 4.25. The number of aromatic nitrogens is 2. The first-order valence-corrected chi connectivity index (χ1v) is 7.96. The lowest BCUT2D eigenvalue weighted by atomic mass is 10.2. The van der Waals surface area contributed by atoms with Crippen molar-refractivity contribution in [3.63, 3.8) is 0 Å². The van der Waals surface area contributed by atoms with Gasteiger partial charge in [0, 0.05) is 36.1 Å². The molecule has 0 atom stereocenters. The normalized spacial score (nSPS) is 12.3. The van der Waals surface area contributed by atoms with Gasteiger partial charge in [-0.2, -0.15) is 5.10 Å². The Hall–Kier alpha value is -2.28. The summed E-state index contributed by atoms with van der Waals surface area (Å²) in [4.78, 5) is 0. The zero-order valence-electron chi connectivity index (χ0n) is 13.5. The molecule has 0 amide bonds. The van der Waals surface area contributed by atoms with E-state index in [0.717, 1.165) is 29.4 Å². The first-order valence-electron chi connectivity index (χ1n) is 7.56. The number of fused-ring (bicyclic) bond motifs is 1. The first kappa shape index (κ1) is 15.6. The highest BCUT2D eigenvalue weighted by molar-refractivity contribution is 7.80. The van der Waals surface area contributed by atoms with Crippen molar-refractivity contribution in [2.24, 2.45) is 0 Å². The summed E-state index contributed by atoms with van der Waals surface area (Å²) >= 11 is 5.36. The summed E-state index contributed by atoms with van der Waals surface area (Å²) in [7, 11) is 0. The molecule has 122 valence electrons. The van der Waals surface area contributed by atoms with Crippen molar-refractivity contribution in [1.82, 2.24) is 15.1 Å². The van der Waals surface area contributed by atoms with Crippen LogP contribution >= 0.6 is 12.2 Å². The van der Waals surface area contributed by atoms with Crippen LogP contribution < -0.4 is 20.1 Å². The number of hydrogen-bond acceptors (Lipinski definition) is 4. The Labute approximate surface area is 140 Å². The SMILES string of the molecule is CCn1nc(C)c(CNC(=S)Nc2ccc3c(c2)OCO3)c1C. The molecule has 2 heterocycles. The molecule has 1 aliphatic rings. The lowest BCUT2D eigenvalue weighted by Gasteiger charge is -2.11. The maximum Gasteiger partial charge on any atom is 0.231 e. The van der Waals surface area contributed by atoms with Gasteiger partial charge in [-0.25, -0.2) is 0 Å². The molecule has 0 saturated carbocycles. The Balaban J connectivity index is 1.61. The Morgan fingerprint density at radius 1 is 1.30 bits per heavy atom. The van der Waals surface area contributed by atoms with Crippen molar-refractivity contribution >= 4 is 23.0 Å². The minimum absolute atomic E-state index is 0.265. The van der Waals surface area contributed by atoms with Gasteiger partial charge in [0.25, 0.3) is 0 Å². The van der Waals surface area contributed by atoms with Crippen LogP contribution in [0.3, 0.4) is 0 Å². The summed E-state index contributed by atoms with van der Waals surface area (Å²) in [6.07, 6.45) is 0. The fraction of sp³-hybridized carbons (Fsp3) is 0.375. The van der Waals surface area contributed by atoms with Crippen LogP contribution in [-0.2, 0) is 13.1 Å². The van der Waals surface area contributed by atoms with E-state index in [9.17, 15) is 0 Å². The zero-order chi connectivity index (χ0) is 16.4. The molecule has 0 fully saturated rings. The van der Waals surface area contributed by atoms with E-state index in [1.54, 1.807) is 0 Å². The average Bonchev–Trinajstić information content (AvgIpc) is 3.09. The lowest BCUT2D eigenvalue weighted by molar-refractivity contribution is 0.174. The number of nitrogens with zero attached hydrogens (tertiary/aromatic N) is 2. The summed E-state index contributed by atoms with van der Waals surface area (Å²) < 4.78 is 12.7. The number of rotatable bonds is 4. The van der Waals surface area contributed by atoms with Gasteiger partial charge in [0.1, 0.15) is 0 Å². The predicted octanol–water partition coefficient (Wildman–Crippen LogP) is 2.74. The third kappa shape index (κ3) is 3.24. The minimum Gasteiger partial charge on any atom is -0.454 e. The molecule has 0 bridgehead atoms. The van der Waals surface area contributed by atoms with Gasteiger partial charge < -0.3 is 20.1 Å². The number of anilines is 1. The number of benzene rings is 1. The molecular formula is C16H20N4O2S. The molecule has 0 radical (unpaired) electrons. The third-order valence-electron chi connectivity index (χ3n) is 3.89. The van der Waals surface area contributed by atoms with Crippen LogP contribution in [-0.4, -0.2) is 21.7 Å². The van der Waals surface area contributed by atoms with Crippen LogP contribution in [0.15, 0.2) is 18.2 Å². The first-order chi connectivity index (χ1) is 11.1. The number of aryl methyl sites for hydroxylation is 2.